The molecular formula is C16H25ClN2O2S. The summed E-state index contributed by atoms with van der Waals surface area (Å²) in [5, 5.41) is 0. The third kappa shape index (κ3) is 3.65. The van der Waals surface area contributed by atoms with E-state index in [4.69, 9.17) is 5.73 Å². The lowest BCUT2D eigenvalue weighted by molar-refractivity contribution is 0.296. The third-order valence-corrected chi connectivity index (χ3v) is 6.39. The van der Waals surface area contributed by atoms with Gasteiger partial charge in [-0.05, 0) is 67.8 Å². The van der Waals surface area contributed by atoms with Gasteiger partial charge in [0.1, 0.15) is 0 Å². The maximum Gasteiger partial charge on any atom is 0.240 e. The molecule has 22 heavy (non-hydrogen) atoms. The van der Waals surface area contributed by atoms with Crippen molar-refractivity contribution >= 4 is 22.4 Å². The molecule has 0 bridgehead atoms. The minimum Gasteiger partial charge on any atom is -0.330 e. The molecule has 124 valence electrons. The Balaban J connectivity index is 0.00000176. The summed E-state index contributed by atoms with van der Waals surface area (Å²) < 4.78 is 28.1. The fraction of sp³-hybridized carbons (Fsp3) is 0.625. The van der Waals surface area contributed by atoms with Gasteiger partial charge >= 0.3 is 0 Å². The summed E-state index contributed by atoms with van der Waals surface area (Å²) in [6, 6.07) is 5.55. The van der Waals surface area contributed by atoms with Crippen molar-refractivity contribution in [3.8, 4) is 0 Å². The van der Waals surface area contributed by atoms with Gasteiger partial charge in [0.15, 0.2) is 0 Å². The lowest BCUT2D eigenvalue weighted by atomic mass is 9.85. The zero-order valence-corrected chi connectivity index (χ0v) is 14.4. The number of rotatable bonds is 4. The smallest absolute Gasteiger partial charge is 0.240 e. The molecule has 1 aromatic rings. The molecule has 3 N–H and O–H groups in total. The fourth-order valence-electron chi connectivity index (χ4n) is 3.63. The first-order chi connectivity index (χ1) is 10.1. The minimum absolute atomic E-state index is 0. The fourth-order valence-corrected chi connectivity index (χ4v) is 5.02. The van der Waals surface area contributed by atoms with Crippen molar-refractivity contribution < 1.29 is 8.42 Å². The molecule has 6 heteroatoms. The number of hydrogen-bond acceptors (Lipinski definition) is 3. The molecule has 2 aliphatic rings. The van der Waals surface area contributed by atoms with Crippen LogP contribution in [0.15, 0.2) is 23.1 Å². The van der Waals surface area contributed by atoms with Gasteiger partial charge in [-0.3, -0.25) is 0 Å². The topological polar surface area (TPSA) is 72.2 Å². The summed E-state index contributed by atoms with van der Waals surface area (Å²) in [5.41, 5.74) is 8.28. The van der Waals surface area contributed by atoms with Crippen LogP contribution in [-0.2, 0) is 22.9 Å². The molecule has 0 aliphatic heterocycles. The molecule has 0 radical (unpaired) electrons. The Morgan fingerprint density at radius 2 is 1.82 bits per heavy atom. The summed E-state index contributed by atoms with van der Waals surface area (Å²) in [4.78, 5) is 0.407. The molecule has 1 saturated carbocycles. The van der Waals surface area contributed by atoms with E-state index in [1.54, 1.807) is 6.07 Å². The molecule has 0 heterocycles. The van der Waals surface area contributed by atoms with Crippen molar-refractivity contribution in [2.45, 2.75) is 55.9 Å². The summed E-state index contributed by atoms with van der Waals surface area (Å²) in [5.74, 6) is 0.267. The van der Waals surface area contributed by atoms with Gasteiger partial charge in [0, 0.05) is 6.04 Å². The van der Waals surface area contributed by atoms with E-state index >= 15 is 0 Å². The number of hydrogen-bond donors (Lipinski definition) is 2. The van der Waals surface area contributed by atoms with Gasteiger partial charge in [-0.1, -0.05) is 18.9 Å². The summed E-state index contributed by atoms with van der Waals surface area (Å²) >= 11 is 0. The van der Waals surface area contributed by atoms with Crippen molar-refractivity contribution in [1.29, 1.82) is 0 Å². The maximum atomic E-state index is 12.6. The average Bonchev–Trinajstić information content (AvgIpc) is 2.95. The molecule has 0 aromatic heterocycles. The zero-order chi connectivity index (χ0) is 14.9. The number of nitrogens with two attached hydrogens (primary N) is 1. The van der Waals surface area contributed by atoms with E-state index in [9.17, 15) is 8.42 Å². The monoisotopic (exact) mass is 344 g/mol. The van der Waals surface area contributed by atoms with Crippen LogP contribution < -0.4 is 10.5 Å². The number of halogens is 1. The standard InChI is InChI=1S/C16H24N2O2S.ClH/c17-11-14-4-1-2-7-16(14)18-21(19,20)15-9-8-12-5-3-6-13(12)10-15;/h8-10,14,16,18H,1-7,11,17H2;1H. The first-order valence-electron chi connectivity index (χ1n) is 7.94. The molecule has 1 aromatic carbocycles. The Hall–Kier alpha value is -0.620. The Morgan fingerprint density at radius 3 is 2.59 bits per heavy atom. The van der Waals surface area contributed by atoms with Crippen molar-refractivity contribution in [2.75, 3.05) is 6.54 Å². The number of fused-ring (bicyclic) bond motifs is 1. The Kier molecular flexibility index (Phi) is 5.88. The molecule has 1 fully saturated rings. The predicted octanol–water partition coefficient (Wildman–Crippen LogP) is 2.39. The SMILES string of the molecule is Cl.NCC1CCCCC1NS(=O)(=O)c1ccc2c(c1)CCC2. The quantitative estimate of drug-likeness (QED) is 0.880. The Labute approximate surface area is 139 Å². The summed E-state index contributed by atoms with van der Waals surface area (Å²) in [6.45, 7) is 0.553. The van der Waals surface area contributed by atoms with E-state index in [0.717, 1.165) is 44.9 Å². The third-order valence-electron chi connectivity index (χ3n) is 4.90. The van der Waals surface area contributed by atoms with Crippen LogP contribution in [0.3, 0.4) is 0 Å². The second kappa shape index (κ2) is 7.30. The van der Waals surface area contributed by atoms with E-state index in [1.807, 2.05) is 12.1 Å². The van der Waals surface area contributed by atoms with Gasteiger partial charge in [0.2, 0.25) is 10.0 Å². The zero-order valence-electron chi connectivity index (χ0n) is 12.8. The van der Waals surface area contributed by atoms with E-state index in [-0.39, 0.29) is 24.4 Å². The normalized spacial score (nSPS) is 24.6. The van der Waals surface area contributed by atoms with Gasteiger partial charge in [0.25, 0.3) is 0 Å². The van der Waals surface area contributed by atoms with E-state index in [0.29, 0.717) is 11.4 Å². The number of benzene rings is 1. The van der Waals surface area contributed by atoms with Crippen LogP contribution in [0.1, 0.15) is 43.2 Å². The van der Waals surface area contributed by atoms with Crippen LogP contribution in [0.5, 0.6) is 0 Å². The van der Waals surface area contributed by atoms with Crippen molar-refractivity contribution in [1.82, 2.24) is 4.72 Å². The van der Waals surface area contributed by atoms with Crippen LogP contribution in [0, 0.1) is 5.92 Å². The lowest BCUT2D eigenvalue weighted by Crippen LogP contribution is -2.44. The van der Waals surface area contributed by atoms with Gasteiger partial charge in [-0.15, -0.1) is 12.4 Å². The minimum atomic E-state index is -3.43. The highest BCUT2D eigenvalue weighted by molar-refractivity contribution is 7.89. The maximum absolute atomic E-state index is 12.6. The summed E-state index contributed by atoms with van der Waals surface area (Å²) in [6.07, 6.45) is 7.34. The van der Waals surface area contributed by atoms with Gasteiger partial charge < -0.3 is 5.73 Å². The second-order valence-electron chi connectivity index (χ2n) is 6.29. The second-order valence-corrected chi connectivity index (χ2v) is 8.01. The van der Waals surface area contributed by atoms with Crippen LogP contribution in [0.2, 0.25) is 0 Å². The highest BCUT2D eigenvalue weighted by Gasteiger charge is 2.29. The van der Waals surface area contributed by atoms with Crippen LogP contribution in [0.4, 0.5) is 0 Å². The van der Waals surface area contributed by atoms with Crippen LogP contribution in [-0.4, -0.2) is 21.0 Å². The molecule has 0 amide bonds. The molecule has 2 aliphatic carbocycles. The highest BCUT2D eigenvalue weighted by Crippen LogP contribution is 2.27. The van der Waals surface area contributed by atoms with Crippen molar-refractivity contribution in [3.05, 3.63) is 29.3 Å². The van der Waals surface area contributed by atoms with E-state index in [1.165, 1.54) is 11.1 Å². The van der Waals surface area contributed by atoms with E-state index < -0.39 is 10.0 Å². The van der Waals surface area contributed by atoms with Crippen LogP contribution >= 0.6 is 12.4 Å². The number of aryl methyl sites for hydroxylation is 2. The summed E-state index contributed by atoms with van der Waals surface area (Å²) in [7, 11) is -3.43. The van der Waals surface area contributed by atoms with Crippen LogP contribution in [0.25, 0.3) is 0 Å². The average molecular weight is 345 g/mol. The van der Waals surface area contributed by atoms with Crippen molar-refractivity contribution in [2.24, 2.45) is 11.7 Å². The number of sulfonamides is 1. The lowest BCUT2D eigenvalue weighted by Gasteiger charge is -2.31. The molecule has 3 rings (SSSR count). The molecule has 0 spiro atoms. The first kappa shape index (κ1) is 17.7. The van der Waals surface area contributed by atoms with Crippen molar-refractivity contribution in [3.63, 3.8) is 0 Å². The molecule has 0 saturated heterocycles. The largest absolute Gasteiger partial charge is 0.330 e. The molecule has 2 atom stereocenters. The van der Waals surface area contributed by atoms with Gasteiger partial charge in [0.05, 0.1) is 4.90 Å². The predicted molar refractivity (Wildman–Crippen MR) is 90.8 cm³/mol. The first-order valence-corrected chi connectivity index (χ1v) is 9.42. The molecular weight excluding hydrogens is 320 g/mol. The van der Waals surface area contributed by atoms with Gasteiger partial charge in [-0.2, -0.15) is 0 Å². The molecule has 4 nitrogen and oxygen atoms in total. The highest BCUT2D eigenvalue weighted by atomic mass is 35.5. The Morgan fingerprint density at radius 1 is 1.09 bits per heavy atom. The Bertz CT molecular complexity index is 619. The van der Waals surface area contributed by atoms with Gasteiger partial charge in [-0.25, -0.2) is 13.1 Å². The molecule has 2 unspecified atom stereocenters. The van der Waals surface area contributed by atoms with E-state index in [2.05, 4.69) is 4.72 Å². The number of nitrogens with one attached hydrogen (secondary N) is 1.